The van der Waals surface area contributed by atoms with Crippen LogP contribution in [0.4, 0.5) is 5.95 Å². The first-order chi connectivity index (χ1) is 15.6. The number of unbranched alkanes of at least 4 members (excludes halogenated alkanes) is 1. The SMILES string of the molecule is CCCCOC(=O)C1=C(C)Nc2nnnn2[C@H]1c1ccc(OCc2ccccc2Cl)cc1. The lowest BCUT2D eigenvalue weighted by Gasteiger charge is -2.27. The van der Waals surface area contributed by atoms with E-state index in [-0.39, 0.29) is 5.97 Å². The number of rotatable bonds is 8. The highest BCUT2D eigenvalue weighted by Crippen LogP contribution is 2.35. The second-order valence-corrected chi connectivity index (χ2v) is 7.86. The third-order valence-corrected chi connectivity index (χ3v) is 5.58. The van der Waals surface area contributed by atoms with E-state index in [9.17, 15) is 4.79 Å². The van der Waals surface area contributed by atoms with Gasteiger partial charge in [0.15, 0.2) is 0 Å². The van der Waals surface area contributed by atoms with Crippen LogP contribution in [0.15, 0.2) is 59.8 Å². The molecule has 1 aromatic heterocycles. The van der Waals surface area contributed by atoms with Crippen LogP contribution < -0.4 is 10.1 Å². The minimum atomic E-state index is -0.506. The van der Waals surface area contributed by atoms with Gasteiger partial charge < -0.3 is 14.8 Å². The monoisotopic (exact) mass is 453 g/mol. The largest absolute Gasteiger partial charge is 0.489 e. The van der Waals surface area contributed by atoms with Gasteiger partial charge in [0, 0.05) is 16.3 Å². The number of tetrazole rings is 1. The van der Waals surface area contributed by atoms with E-state index in [0.29, 0.717) is 41.2 Å². The molecule has 0 radical (unpaired) electrons. The van der Waals surface area contributed by atoms with Crippen molar-refractivity contribution in [2.45, 2.75) is 39.3 Å². The van der Waals surface area contributed by atoms with Crippen LogP contribution >= 0.6 is 11.6 Å². The van der Waals surface area contributed by atoms with Crippen molar-refractivity contribution >= 4 is 23.5 Å². The quantitative estimate of drug-likeness (QED) is 0.395. The number of hydrogen-bond acceptors (Lipinski definition) is 7. The Morgan fingerprint density at radius 1 is 1.19 bits per heavy atom. The first-order valence-electron chi connectivity index (χ1n) is 10.5. The number of nitrogens with one attached hydrogen (secondary N) is 1. The summed E-state index contributed by atoms with van der Waals surface area (Å²) < 4.78 is 13.0. The van der Waals surface area contributed by atoms with E-state index in [0.717, 1.165) is 24.0 Å². The number of aromatic nitrogens is 4. The van der Waals surface area contributed by atoms with Crippen LogP contribution in [-0.2, 0) is 16.1 Å². The Morgan fingerprint density at radius 2 is 1.97 bits per heavy atom. The van der Waals surface area contributed by atoms with E-state index >= 15 is 0 Å². The maximum atomic E-state index is 12.9. The zero-order chi connectivity index (χ0) is 22.5. The average Bonchev–Trinajstić information content (AvgIpc) is 3.26. The van der Waals surface area contributed by atoms with Gasteiger partial charge in [0.2, 0.25) is 5.95 Å². The fourth-order valence-electron chi connectivity index (χ4n) is 3.49. The molecule has 1 aliphatic heterocycles. The highest BCUT2D eigenvalue weighted by molar-refractivity contribution is 6.31. The summed E-state index contributed by atoms with van der Waals surface area (Å²) in [7, 11) is 0. The molecule has 0 amide bonds. The number of esters is 1. The van der Waals surface area contributed by atoms with E-state index in [4.69, 9.17) is 21.1 Å². The predicted molar refractivity (Wildman–Crippen MR) is 120 cm³/mol. The van der Waals surface area contributed by atoms with Gasteiger partial charge >= 0.3 is 5.97 Å². The molecule has 1 atom stereocenters. The number of anilines is 1. The van der Waals surface area contributed by atoms with E-state index < -0.39 is 6.04 Å². The second kappa shape index (κ2) is 9.82. The average molecular weight is 454 g/mol. The van der Waals surface area contributed by atoms with Crippen molar-refractivity contribution in [3.63, 3.8) is 0 Å². The van der Waals surface area contributed by atoms with Gasteiger partial charge in [-0.05, 0) is 47.5 Å². The summed E-state index contributed by atoms with van der Waals surface area (Å²) in [5, 5.41) is 15.6. The highest BCUT2D eigenvalue weighted by Gasteiger charge is 2.34. The number of nitrogens with zero attached hydrogens (tertiary/aromatic N) is 4. The molecule has 32 heavy (non-hydrogen) atoms. The Labute approximate surface area is 191 Å². The van der Waals surface area contributed by atoms with Crippen LogP contribution in [-0.4, -0.2) is 32.8 Å². The normalized spacial score (nSPS) is 15.2. The first kappa shape index (κ1) is 21.8. The van der Waals surface area contributed by atoms with Gasteiger partial charge in [-0.25, -0.2) is 4.79 Å². The maximum absolute atomic E-state index is 12.9. The Bertz CT molecular complexity index is 1130. The van der Waals surface area contributed by atoms with Gasteiger partial charge in [0.05, 0.1) is 12.2 Å². The minimum Gasteiger partial charge on any atom is -0.489 e. The summed E-state index contributed by atoms with van der Waals surface area (Å²) in [5.41, 5.74) is 2.89. The highest BCUT2D eigenvalue weighted by atomic mass is 35.5. The molecule has 0 bridgehead atoms. The number of fused-ring (bicyclic) bond motifs is 1. The number of hydrogen-bond donors (Lipinski definition) is 1. The summed E-state index contributed by atoms with van der Waals surface area (Å²) in [5.74, 6) is 0.776. The first-order valence-corrected chi connectivity index (χ1v) is 10.8. The molecule has 0 fully saturated rings. The second-order valence-electron chi connectivity index (χ2n) is 7.45. The zero-order valence-corrected chi connectivity index (χ0v) is 18.7. The Balaban J connectivity index is 1.57. The van der Waals surface area contributed by atoms with Gasteiger partial charge in [-0.15, -0.1) is 0 Å². The smallest absolute Gasteiger partial charge is 0.338 e. The third kappa shape index (κ3) is 4.60. The summed E-state index contributed by atoms with van der Waals surface area (Å²) >= 11 is 6.20. The molecule has 2 aromatic carbocycles. The van der Waals surface area contributed by atoms with Gasteiger partial charge in [0.1, 0.15) is 18.4 Å². The molecule has 2 heterocycles. The van der Waals surface area contributed by atoms with E-state index in [1.54, 1.807) is 4.68 Å². The van der Waals surface area contributed by atoms with Crippen LogP contribution in [0.5, 0.6) is 5.75 Å². The molecule has 1 aliphatic rings. The van der Waals surface area contributed by atoms with Crippen LogP contribution in [0.2, 0.25) is 5.02 Å². The summed E-state index contributed by atoms with van der Waals surface area (Å²) in [4.78, 5) is 12.9. The molecule has 0 spiro atoms. The van der Waals surface area contributed by atoms with Gasteiger partial charge in [-0.2, -0.15) is 4.68 Å². The molecule has 8 nitrogen and oxygen atoms in total. The standard InChI is InChI=1S/C23H24ClN5O3/c1-3-4-13-31-22(30)20-15(2)25-23-26-27-28-29(23)21(20)16-9-11-18(12-10-16)32-14-17-7-5-6-8-19(17)24/h5-12,21H,3-4,13-14H2,1-2H3,(H,25,26,28)/t21-/m0/s1. The lowest BCUT2D eigenvalue weighted by atomic mass is 9.96. The fourth-order valence-corrected chi connectivity index (χ4v) is 3.68. The molecule has 0 aliphatic carbocycles. The number of allylic oxidation sites excluding steroid dienone is 1. The summed E-state index contributed by atoms with van der Waals surface area (Å²) in [6.07, 6.45) is 1.75. The lowest BCUT2D eigenvalue weighted by Crippen LogP contribution is -2.29. The molecule has 0 saturated heterocycles. The number of carbonyl (C=O) groups excluding carboxylic acids is 1. The predicted octanol–water partition coefficient (Wildman–Crippen LogP) is 4.54. The van der Waals surface area contributed by atoms with Gasteiger partial charge in [-0.1, -0.05) is 60.4 Å². The fraction of sp³-hybridized carbons (Fsp3) is 0.304. The van der Waals surface area contributed by atoms with Crippen molar-refractivity contribution in [1.29, 1.82) is 0 Å². The van der Waals surface area contributed by atoms with Crippen LogP contribution in [0.25, 0.3) is 0 Å². The van der Waals surface area contributed by atoms with Gasteiger partial charge in [0.25, 0.3) is 0 Å². The Kier molecular flexibility index (Phi) is 6.70. The summed E-state index contributed by atoms with van der Waals surface area (Å²) in [6, 6.07) is 14.6. The number of benzene rings is 2. The lowest BCUT2D eigenvalue weighted by molar-refractivity contribution is -0.139. The van der Waals surface area contributed by atoms with E-state index in [2.05, 4.69) is 20.8 Å². The van der Waals surface area contributed by atoms with Crippen molar-refractivity contribution in [1.82, 2.24) is 20.2 Å². The zero-order valence-electron chi connectivity index (χ0n) is 17.9. The van der Waals surface area contributed by atoms with Gasteiger partial charge in [-0.3, -0.25) is 0 Å². The van der Waals surface area contributed by atoms with Crippen molar-refractivity contribution < 1.29 is 14.3 Å². The van der Waals surface area contributed by atoms with E-state index in [1.807, 2.05) is 62.4 Å². The summed E-state index contributed by atoms with van der Waals surface area (Å²) in [6.45, 7) is 4.60. The molecule has 3 aromatic rings. The molecule has 166 valence electrons. The van der Waals surface area contributed by atoms with Crippen LogP contribution in [0.3, 0.4) is 0 Å². The number of ether oxygens (including phenoxy) is 2. The third-order valence-electron chi connectivity index (χ3n) is 5.21. The molecular formula is C23H24ClN5O3. The van der Waals surface area contributed by atoms with Crippen molar-refractivity contribution in [3.05, 3.63) is 76.0 Å². The van der Waals surface area contributed by atoms with Crippen molar-refractivity contribution in [2.75, 3.05) is 11.9 Å². The molecule has 4 rings (SSSR count). The molecular weight excluding hydrogens is 430 g/mol. The van der Waals surface area contributed by atoms with Crippen LogP contribution in [0, 0.1) is 0 Å². The van der Waals surface area contributed by atoms with Crippen molar-refractivity contribution in [3.8, 4) is 5.75 Å². The topological polar surface area (TPSA) is 91.2 Å². The molecule has 9 heteroatoms. The molecule has 0 unspecified atom stereocenters. The molecule has 1 N–H and O–H groups in total. The van der Waals surface area contributed by atoms with Crippen LogP contribution in [0.1, 0.15) is 43.9 Å². The Morgan fingerprint density at radius 3 is 2.72 bits per heavy atom. The minimum absolute atomic E-state index is 0.359. The molecule has 0 saturated carbocycles. The Hall–Kier alpha value is -3.39. The number of carbonyl (C=O) groups is 1. The van der Waals surface area contributed by atoms with E-state index in [1.165, 1.54) is 0 Å². The van der Waals surface area contributed by atoms with Crippen molar-refractivity contribution in [2.24, 2.45) is 0 Å². The number of halogens is 1. The maximum Gasteiger partial charge on any atom is 0.338 e.